The van der Waals surface area contributed by atoms with Crippen molar-refractivity contribution in [3.63, 3.8) is 0 Å². The number of rotatable bonds is 5. The first-order valence-electron chi connectivity index (χ1n) is 5.01. The van der Waals surface area contributed by atoms with Crippen LogP contribution in [0.3, 0.4) is 0 Å². The van der Waals surface area contributed by atoms with Crippen LogP contribution in [-0.2, 0) is 6.42 Å². The Morgan fingerprint density at radius 2 is 1.79 bits per heavy atom. The molecule has 0 fully saturated rings. The van der Waals surface area contributed by atoms with Gasteiger partial charge in [0.1, 0.15) is 0 Å². The van der Waals surface area contributed by atoms with Crippen molar-refractivity contribution in [2.24, 2.45) is 0 Å². The summed E-state index contributed by atoms with van der Waals surface area (Å²) in [5.74, 6) is 0. The van der Waals surface area contributed by atoms with Gasteiger partial charge in [0, 0.05) is 6.61 Å². The van der Waals surface area contributed by atoms with E-state index in [-0.39, 0.29) is 6.61 Å². The van der Waals surface area contributed by atoms with Gasteiger partial charge >= 0.3 is 0 Å². The lowest BCUT2D eigenvalue weighted by molar-refractivity contribution is 0.0258. The van der Waals surface area contributed by atoms with Gasteiger partial charge in [-0.25, -0.2) is 0 Å². The van der Waals surface area contributed by atoms with Crippen molar-refractivity contribution in [1.29, 1.82) is 0 Å². The molecule has 1 rings (SSSR count). The number of hydrogen-bond acceptors (Lipinski definition) is 2. The van der Waals surface area contributed by atoms with Crippen LogP contribution in [0.2, 0.25) is 0 Å². The lowest BCUT2D eigenvalue weighted by atomic mass is 9.94. The van der Waals surface area contributed by atoms with Crippen molar-refractivity contribution in [2.45, 2.75) is 31.8 Å². The van der Waals surface area contributed by atoms with Crippen molar-refractivity contribution in [3.05, 3.63) is 35.9 Å². The zero-order valence-electron chi connectivity index (χ0n) is 8.61. The van der Waals surface area contributed by atoms with Crippen LogP contribution in [0.4, 0.5) is 0 Å². The van der Waals surface area contributed by atoms with Crippen molar-refractivity contribution in [3.8, 4) is 0 Å². The molecule has 1 aromatic carbocycles. The average molecular weight is 194 g/mol. The lowest BCUT2D eigenvalue weighted by Crippen LogP contribution is -2.26. The van der Waals surface area contributed by atoms with Crippen LogP contribution in [0, 0.1) is 0 Å². The smallest absolute Gasteiger partial charge is 0.0644 e. The minimum atomic E-state index is -0.745. The maximum absolute atomic E-state index is 9.82. The van der Waals surface area contributed by atoms with Gasteiger partial charge in [-0.3, -0.25) is 0 Å². The van der Waals surface area contributed by atoms with E-state index in [0.717, 1.165) is 6.42 Å². The molecule has 0 saturated heterocycles. The highest BCUT2D eigenvalue weighted by molar-refractivity contribution is 5.14. The Kier molecular flexibility index (Phi) is 4.11. The van der Waals surface area contributed by atoms with Gasteiger partial charge in [-0.2, -0.15) is 0 Å². The molecule has 0 spiro atoms. The van der Waals surface area contributed by atoms with E-state index in [1.54, 1.807) is 6.92 Å². The summed E-state index contributed by atoms with van der Waals surface area (Å²) in [6, 6.07) is 10.1. The van der Waals surface area contributed by atoms with E-state index in [4.69, 9.17) is 5.11 Å². The van der Waals surface area contributed by atoms with E-state index in [1.807, 2.05) is 18.2 Å². The van der Waals surface area contributed by atoms with Crippen LogP contribution in [0.5, 0.6) is 0 Å². The van der Waals surface area contributed by atoms with Crippen molar-refractivity contribution < 1.29 is 10.2 Å². The molecule has 0 radical (unpaired) electrons. The zero-order chi connectivity index (χ0) is 10.4. The zero-order valence-corrected chi connectivity index (χ0v) is 8.61. The predicted octanol–water partition coefficient (Wildman–Crippen LogP) is 1.75. The Morgan fingerprint density at radius 1 is 1.14 bits per heavy atom. The molecule has 1 atom stereocenters. The summed E-state index contributed by atoms with van der Waals surface area (Å²) in [6.07, 6.45) is 1.99. The van der Waals surface area contributed by atoms with Crippen LogP contribution in [0.1, 0.15) is 25.3 Å². The number of benzene rings is 1. The Hall–Kier alpha value is -0.860. The van der Waals surface area contributed by atoms with E-state index >= 15 is 0 Å². The Bertz CT molecular complexity index is 254. The van der Waals surface area contributed by atoms with Crippen molar-refractivity contribution in [2.75, 3.05) is 6.61 Å². The molecule has 2 N–H and O–H groups in total. The highest BCUT2D eigenvalue weighted by atomic mass is 16.3. The fraction of sp³-hybridized carbons (Fsp3) is 0.500. The third kappa shape index (κ3) is 3.90. The van der Waals surface area contributed by atoms with Gasteiger partial charge in [0.2, 0.25) is 0 Å². The monoisotopic (exact) mass is 194 g/mol. The molecule has 0 aliphatic rings. The standard InChI is InChI=1S/C12H18O2/c1-12(14,9-10-13)8-7-11-5-3-2-4-6-11/h2-6,13-14H,7-10H2,1H3. The first-order valence-corrected chi connectivity index (χ1v) is 5.01. The second kappa shape index (κ2) is 5.13. The van der Waals surface area contributed by atoms with Gasteiger partial charge < -0.3 is 10.2 Å². The summed E-state index contributed by atoms with van der Waals surface area (Å²) in [4.78, 5) is 0. The molecule has 14 heavy (non-hydrogen) atoms. The summed E-state index contributed by atoms with van der Waals surface area (Å²) in [5.41, 5.74) is 0.482. The number of aryl methyl sites for hydroxylation is 1. The highest BCUT2D eigenvalue weighted by Crippen LogP contribution is 2.17. The Balaban J connectivity index is 2.40. The normalized spacial score (nSPS) is 15.1. The van der Waals surface area contributed by atoms with Crippen LogP contribution in [-0.4, -0.2) is 22.4 Å². The van der Waals surface area contributed by atoms with E-state index < -0.39 is 5.60 Å². The van der Waals surface area contributed by atoms with Gasteiger partial charge in [0.25, 0.3) is 0 Å². The van der Waals surface area contributed by atoms with E-state index in [9.17, 15) is 5.11 Å². The average Bonchev–Trinajstić information content (AvgIpc) is 2.17. The predicted molar refractivity (Wildman–Crippen MR) is 57.1 cm³/mol. The highest BCUT2D eigenvalue weighted by Gasteiger charge is 2.18. The third-order valence-electron chi connectivity index (χ3n) is 2.45. The molecule has 0 bridgehead atoms. The van der Waals surface area contributed by atoms with Gasteiger partial charge in [0.15, 0.2) is 0 Å². The molecule has 0 saturated carbocycles. The second-order valence-corrected chi connectivity index (χ2v) is 3.96. The van der Waals surface area contributed by atoms with Gasteiger partial charge in [-0.05, 0) is 31.7 Å². The molecule has 0 aliphatic carbocycles. The lowest BCUT2D eigenvalue weighted by Gasteiger charge is -2.21. The molecule has 1 unspecified atom stereocenters. The Morgan fingerprint density at radius 3 is 2.36 bits per heavy atom. The topological polar surface area (TPSA) is 40.5 Å². The van der Waals surface area contributed by atoms with E-state index in [1.165, 1.54) is 5.56 Å². The molecule has 2 heteroatoms. The maximum Gasteiger partial charge on any atom is 0.0644 e. The van der Waals surface area contributed by atoms with Crippen molar-refractivity contribution >= 4 is 0 Å². The van der Waals surface area contributed by atoms with Crippen LogP contribution < -0.4 is 0 Å². The van der Waals surface area contributed by atoms with Gasteiger partial charge in [-0.15, -0.1) is 0 Å². The van der Waals surface area contributed by atoms with E-state index in [0.29, 0.717) is 12.8 Å². The Labute approximate surface area is 85.2 Å². The summed E-state index contributed by atoms with van der Waals surface area (Å²) in [5, 5.41) is 18.6. The van der Waals surface area contributed by atoms with Gasteiger partial charge in [0.05, 0.1) is 5.60 Å². The molecule has 2 nitrogen and oxygen atoms in total. The molecule has 0 amide bonds. The largest absolute Gasteiger partial charge is 0.396 e. The first kappa shape index (κ1) is 11.2. The third-order valence-corrected chi connectivity index (χ3v) is 2.45. The molecular weight excluding hydrogens is 176 g/mol. The first-order chi connectivity index (χ1) is 6.64. The summed E-state index contributed by atoms with van der Waals surface area (Å²) >= 11 is 0. The SMILES string of the molecule is CC(O)(CCO)CCc1ccccc1. The number of hydrogen-bond donors (Lipinski definition) is 2. The minimum absolute atomic E-state index is 0.0434. The fourth-order valence-corrected chi connectivity index (χ4v) is 1.42. The second-order valence-electron chi connectivity index (χ2n) is 3.96. The molecule has 78 valence electrons. The summed E-state index contributed by atoms with van der Waals surface area (Å²) < 4.78 is 0. The summed E-state index contributed by atoms with van der Waals surface area (Å²) in [6.45, 7) is 1.81. The van der Waals surface area contributed by atoms with Crippen LogP contribution in [0.15, 0.2) is 30.3 Å². The number of aliphatic hydroxyl groups is 2. The maximum atomic E-state index is 9.82. The molecular formula is C12H18O2. The van der Waals surface area contributed by atoms with Gasteiger partial charge in [-0.1, -0.05) is 30.3 Å². The minimum Gasteiger partial charge on any atom is -0.396 e. The molecule has 0 aliphatic heterocycles. The molecule has 0 aromatic heterocycles. The van der Waals surface area contributed by atoms with Crippen LogP contribution in [0.25, 0.3) is 0 Å². The summed E-state index contributed by atoms with van der Waals surface area (Å²) in [7, 11) is 0. The van der Waals surface area contributed by atoms with E-state index in [2.05, 4.69) is 12.1 Å². The fourth-order valence-electron chi connectivity index (χ4n) is 1.42. The quantitative estimate of drug-likeness (QED) is 0.749. The molecule has 1 aromatic rings. The molecule has 0 heterocycles. The van der Waals surface area contributed by atoms with Crippen molar-refractivity contribution in [1.82, 2.24) is 0 Å². The number of aliphatic hydroxyl groups excluding tert-OH is 1. The van der Waals surface area contributed by atoms with Crippen LogP contribution >= 0.6 is 0 Å².